The van der Waals surface area contributed by atoms with Crippen LogP contribution in [0.3, 0.4) is 0 Å². The molecule has 0 amide bonds. The summed E-state index contributed by atoms with van der Waals surface area (Å²) >= 11 is 0. The Morgan fingerprint density at radius 3 is 3.00 bits per heavy atom. The van der Waals surface area contributed by atoms with Crippen molar-refractivity contribution in [2.45, 2.75) is 0 Å². The van der Waals surface area contributed by atoms with Gasteiger partial charge in [-0.05, 0) is 12.1 Å². The molecule has 0 spiro atoms. The zero-order valence-corrected chi connectivity index (χ0v) is 6.90. The van der Waals surface area contributed by atoms with E-state index in [2.05, 4.69) is 10.9 Å². The van der Waals surface area contributed by atoms with Crippen molar-refractivity contribution in [3.63, 3.8) is 0 Å². The van der Waals surface area contributed by atoms with Crippen molar-refractivity contribution in [1.82, 2.24) is 4.98 Å². The lowest BCUT2D eigenvalue weighted by Crippen LogP contribution is -1.76. The molecule has 2 aromatic rings. The molecule has 0 N–H and O–H groups in total. The van der Waals surface area contributed by atoms with Gasteiger partial charge in [-0.3, -0.25) is 0 Å². The molecule has 2 nitrogen and oxygen atoms in total. The molecule has 0 unspecified atom stereocenters. The van der Waals surface area contributed by atoms with Crippen LogP contribution < -0.4 is 0 Å². The van der Waals surface area contributed by atoms with E-state index in [0.717, 1.165) is 16.9 Å². The number of nitrogens with zero attached hydrogens (tertiary/aromatic N) is 1. The minimum absolute atomic E-state index is 0.733. The van der Waals surface area contributed by atoms with E-state index >= 15 is 0 Å². The topological polar surface area (TPSA) is 26.0 Å². The smallest absolute Gasteiger partial charge is 0.181 e. The Morgan fingerprint density at radius 1 is 1.38 bits per heavy atom. The Bertz CT molecular complexity index is 437. The maximum atomic E-state index is 5.28. The standard InChI is InChI=1S/C11H7NO/c1-2-9-4-3-5-10(6-9)11-7-12-8-13-11/h1,3-8H. The average molecular weight is 169 g/mol. The van der Waals surface area contributed by atoms with Gasteiger partial charge in [0.15, 0.2) is 12.2 Å². The van der Waals surface area contributed by atoms with Crippen LogP contribution in [0, 0.1) is 12.3 Å². The first-order chi connectivity index (χ1) is 6.40. The molecule has 0 aliphatic carbocycles. The maximum absolute atomic E-state index is 5.28. The van der Waals surface area contributed by atoms with Crippen molar-refractivity contribution in [3.8, 4) is 23.7 Å². The first-order valence-corrected chi connectivity index (χ1v) is 3.85. The molecule has 0 atom stereocenters. The van der Waals surface area contributed by atoms with Gasteiger partial charge in [0.1, 0.15) is 0 Å². The summed E-state index contributed by atoms with van der Waals surface area (Å²) in [5.74, 6) is 3.30. The second-order valence-corrected chi connectivity index (χ2v) is 2.59. The van der Waals surface area contributed by atoms with Crippen LogP contribution >= 0.6 is 0 Å². The van der Waals surface area contributed by atoms with Gasteiger partial charge in [0, 0.05) is 11.1 Å². The predicted octanol–water partition coefficient (Wildman–Crippen LogP) is 2.32. The molecule has 2 heteroatoms. The van der Waals surface area contributed by atoms with Gasteiger partial charge >= 0.3 is 0 Å². The highest BCUT2D eigenvalue weighted by atomic mass is 16.3. The second kappa shape index (κ2) is 3.16. The quantitative estimate of drug-likeness (QED) is 0.612. The fourth-order valence-electron chi connectivity index (χ4n) is 1.12. The fraction of sp³-hybridized carbons (Fsp3) is 0. The van der Waals surface area contributed by atoms with E-state index < -0.39 is 0 Å². The van der Waals surface area contributed by atoms with Gasteiger partial charge in [0.05, 0.1) is 6.20 Å². The largest absolute Gasteiger partial charge is 0.444 e. The van der Waals surface area contributed by atoms with Crippen molar-refractivity contribution >= 4 is 0 Å². The van der Waals surface area contributed by atoms with Gasteiger partial charge in [-0.2, -0.15) is 0 Å². The van der Waals surface area contributed by atoms with Crippen molar-refractivity contribution in [2.75, 3.05) is 0 Å². The van der Waals surface area contributed by atoms with Gasteiger partial charge in [-0.1, -0.05) is 18.1 Å². The number of benzene rings is 1. The fourth-order valence-corrected chi connectivity index (χ4v) is 1.12. The Balaban J connectivity index is 2.49. The Hall–Kier alpha value is -2.01. The first kappa shape index (κ1) is 7.63. The average Bonchev–Trinajstić information content (AvgIpc) is 2.71. The van der Waals surface area contributed by atoms with Crippen LogP contribution in [0.25, 0.3) is 11.3 Å². The zero-order valence-electron chi connectivity index (χ0n) is 6.90. The van der Waals surface area contributed by atoms with Gasteiger partial charge in [0.2, 0.25) is 0 Å². The molecule has 62 valence electrons. The maximum Gasteiger partial charge on any atom is 0.181 e. The van der Waals surface area contributed by atoms with Crippen LogP contribution in [0.2, 0.25) is 0 Å². The molecule has 1 aromatic carbocycles. The monoisotopic (exact) mass is 169 g/mol. The summed E-state index contributed by atoms with van der Waals surface area (Å²) in [7, 11) is 0. The van der Waals surface area contributed by atoms with Crippen LogP contribution in [-0.4, -0.2) is 4.98 Å². The van der Waals surface area contributed by atoms with E-state index in [1.807, 2.05) is 24.3 Å². The summed E-state index contributed by atoms with van der Waals surface area (Å²) in [5.41, 5.74) is 1.79. The molecule has 0 saturated heterocycles. The molecule has 0 saturated carbocycles. The van der Waals surface area contributed by atoms with Gasteiger partial charge in [-0.25, -0.2) is 4.98 Å². The number of hydrogen-bond donors (Lipinski definition) is 0. The van der Waals surface area contributed by atoms with Crippen LogP contribution in [0.4, 0.5) is 0 Å². The third-order valence-electron chi connectivity index (χ3n) is 1.75. The van der Waals surface area contributed by atoms with Crippen LogP contribution in [-0.2, 0) is 0 Å². The third kappa shape index (κ3) is 1.45. The summed E-state index contributed by atoms with van der Waals surface area (Å²) < 4.78 is 5.14. The lowest BCUT2D eigenvalue weighted by Gasteiger charge is -1.95. The highest BCUT2D eigenvalue weighted by molar-refractivity contribution is 5.58. The molecule has 0 aliphatic rings. The van der Waals surface area contributed by atoms with Crippen LogP contribution in [0.5, 0.6) is 0 Å². The number of oxazole rings is 1. The lowest BCUT2D eigenvalue weighted by molar-refractivity contribution is 0.572. The minimum Gasteiger partial charge on any atom is -0.444 e. The minimum atomic E-state index is 0.733. The number of hydrogen-bond acceptors (Lipinski definition) is 2. The summed E-state index contributed by atoms with van der Waals surface area (Å²) in [5, 5.41) is 0. The zero-order chi connectivity index (χ0) is 9.10. The Kier molecular flexibility index (Phi) is 1.85. The summed E-state index contributed by atoms with van der Waals surface area (Å²) in [6.45, 7) is 0. The number of rotatable bonds is 1. The van der Waals surface area contributed by atoms with Gasteiger partial charge in [0.25, 0.3) is 0 Å². The number of aromatic nitrogens is 1. The van der Waals surface area contributed by atoms with Crippen LogP contribution in [0.15, 0.2) is 41.3 Å². The van der Waals surface area contributed by atoms with Gasteiger partial charge in [-0.15, -0.1) is 6.42 Å². The molecule has 0 bridgehead atoms. The van der Waals surface area contributed by atoms with Crippen LogP contribution in [0.1, 0.15) is 5.56 Å². The first-order valence-electron chi connectivity index (χ1n) is 3.85. The van der Waals surface area contributed by atoms with E-state index in [1.165, 1.54) is 6.39 Å². The number of terminal acetylenes is 1. The molecule has 13 heavy (non-hydrogen) atoms. The Labute approximate surface area is 76.2 Å². The molecular weight excluding hydrogens is 162 g/mol. The van der Waals surface area contributed by atoms with E-state index in [1.54, 1.807) is 6.20 Å². The van der Waals surface area contributed by atoms with Crippen molar-refractivity contribution in [2.24, 2.45) is 0 Å². The van der Waals surface area contributed by atoms with Gasteiger partial charge < -0.3 is 4.42 Å². The summed E-state index contributed by atoms with van der Waals surface area (Å²) in [6, 6.07) is 7.59. The predicted molar refractivity (Wildman–Crippen MR) is 49.9 cm³/mol. The highest BCUT2D eigenvalue weighted by Crippen LogP contribution is 2.18. The van der Waals surface area contributed by atoms with Crippen molar-refractivity contribution in [3.05, 3.63) is 42.4 Å². The molecule has 0 radical (unpaired) electrons. The van der Waals surface area contributed by atoms with E-state index in [9.17, 15) is 0 Å². The summed E-state index contributed by atoms with van der Waals surface area (Å²) in [4.78, 5) is 3.84. The molecule has 1 aromatic heterocycles. The SMILES string of the molecule is C#Cc1cccc(-c2cnco2)c1. The lowest BCUT2D eigenvalue weighted by atomic mass is 10.1. The molecule has 0 fully saturated rings. The summed E-state index contributed by atoms with van der Waals surface area (Å²) in [6.07, 6.45) is 8.34. The van der Waals surface area contributed by atoms with E-state index in [-0.39, 0.29) is 0 Å². The van der Waals surface area contributed by atoms with E-state index in [0.29, 0.717) is 0 Å². The highest BCUT2D eigenvalue weighted by Gasteiger charge is 2.00. The third-order valence-corrected chi connectivity index (χ3v) is 1.75. The second-order valence-electron chi connectivity index (χ2n) is 2.59. The molecule has 0 aliphatic heterocycles. The van der Waals surface area contributed by atoms with Crippen molar-refractivity contribution < 1.29 is 4.42 Å². The van der Waals surface area contributed by atoms with E-state index in [4.69, 9.17) is 10.8 Å². The normalized spacial score (nSPS) is 9.46. The Morgan fingerprint density at radius 2 is 2.31 bits per heavy atom. The van der Waals surface area contributed by atoms with Crippen molar-refractivity contribution in [1.29, 1.82) is 0 Å². The molecule has 1 heterocycles. The molecular formula is C11H7NO. The molecule has 2 rings (SSSR count).